The van der Waals surface area contributed by atoms with Gasteiger partial charge in [-0.2, -0.15) is 0 Å². The molecule has 1 amide bonds. The number of halogens is 1. The van der Waals surface area contributed by atoms with Gasteiger partial charge in [0.05, 0.1) is 11.6 Å². The van der Waals surface area contributed by atoms with Crippen molar-refractivity contribution < 1.29 is 13.9 Å². The van der Waals surface area contributed by atoms with Gasteiger partial charge in [-0.05, 0) is 57.0 Å². The van der Waals surface area contributed by atoms with Crippen LogP contribution in [0.15, 0.2) is 59.5 Å². The molecule has 0 unspecified atom stereocenters. The van der Waals surface area contributed by atoms with Crippen molar-refractivity contribution in [3.05, 3.63) is 76.5 Å². The first kappa shape index (κ1) is 19.6. The third kappa shape index (κ3) is 4.22. The lowest BCUT2D eigenvalue weighted by molar-refractivity contribution is 0.0508. The molecule has 1 atom stereocenters. The lowest BCUT2D eigenvalue weighted by Crippen LogP contribution is -2.34. The van der Waals surface area contributed by atoms with E-state index in [0.717, 1.165) is 0 Å². The number of hydrogen-bond acceptors (Lipinski definition) is 3. The summed E-state index contributed by atoms with van der Waals surface area (Å²) in [4.78, 5) is 25.4. The second-order valence-corrected chi connectivity index (χ2v) is 7.66. The lowest BCUT2D eigenvalue weighted by atomic mass is 9.96. The third-order valence-electron chi connectivity index (χ3n) is 4.23. The molecule has 0 bridgehead atoms. The normalized spacial score (nSPS) is 12.6. The van der Waals surface area contributed by atoms with E-state index in [1.54, 1.807) is 33.8 Å². The van der Waals surface area contributed by atoms with Crippen molar-refractivity contribution in [2.24, 2.45) is 0 Å². The van der Waals surface area contributed by atoms with E-state index in [1.165, 1.54) is 22.7 Å². The Morgan fingerprint density at radius 1 is 1.14 bits per heavy atom. The molecule has 146 valence electrons. The number of ether oxygens (including phenoxy) is 1. The first-order valence-electron chi connectivity index (χ1n) is 9.05. The Hall–Kier alpha value is -3.15. The van der Waals surface area contributed by atoms with Gasteiger partial charge in [-0.15, -0.1) is 0 Å². The smallest absolute Gasteiger partial charge is 0.408 e. The Bertz CT molecular complexity index is 1070. The Balaban J connectivity index is 2.14. The number of amides is 1. The summed E-state index contributed by atoms with van der Waals surface area (Å²) < 4.78 is 20.3. The van der Waals surface area contributed by atoms with Crippen LogP contribution in [0.5, 0.6) is 0 Å². The van der Waals surface area contributed by atoms with Gasteiger partial charge in [0.15, 0.2) is 0 Å². The number of nitrogens with zero attached hydrogens (tertiary/aromatic N) is 1. The molecule has 0 spiro atoms. The van der Waals surface area contributed by atoms with Crippen molar-refractivity contribution >= 4 is 11.6 Å². The minimum atomic E-state index is -0.632. The van der Waals surface area contributed by atoms with E-state index in [9.17, 15) is 14.0 Å². The molecule has 0 aliphatic rings. The molecule has 0 aliphatic heterocycles. The zero-order chi connectivity index (χ0) is 20.5. The van der Waals surface area contributed by atoms with Gasteiger partial charge in [0.1, 0.15) is 11.4 Å². The Kier molecular flexibility index (Phi) is 5.23. The third-order valence-corrected chi connectivity index (χ3v) is 4.23. The van der Waals surface area contributed by atoms with E-state index in [2.05, 4.69) is 5.32 Å². The van der Waals surface area contributed by atoms with Gasteiger partial charge in [-0.1, -0.05) is 30.3 Å². The van der Waals surface area contributed by atoms with Crippen molar-refractivity contribution in [2.75, 3.05) is 0 Å². The van der Waals surface area contributed by atoms with Gasteiger partial charge in [0.25, 0.3) is 5.56 Å². The minimum absolute atomic E-state index is 0.351. The van der Waals surface area contributed by atoms with Crippen LogP contribution in [0.25, 0.3) is 16.6 Å². The largest absolute Gasteiger partial charge is 0.444 e. The summed E-state index contributed by atoms with van der Waals surface area (Å²) in [5.41, 5.74) is 1.29. The Labute approximate surface area is 162 Å². The molecule has 2 heterocycles. The lowest BCUT2D eigenvalue weighted by Gasteiger charge is -2.23. The second-order valence-electron chi connectivity index (χ2n) is 7.66. The molecule has 0 radical (unpaired) electrons. The maximum Gasteiger partial charge on any atom is 0.408 e. The molecular formula is C22H23FN2O3. The van der Waals surface area contributed by atoms with Crippen molar-refractivity contribution in [3.8, 4) is 11.1 Å². The Morgan fingerprint density at radius 3 is 2.46 bits per heavy atom. The quantitative estimate of drug-likeness (QED) is 0.715. The maximum absolute atomic E-state index is 13.7. The van der Waals surface area contributed by atoms with Crippen LogP contribution in [0.1, 0.15) is 39.3 Å². The monoisotopic (exact) mass is 382 g/mol. The summed E-state index contributed by atoms with van der Waals surface area (Å²) in [6.45, 7) is 7.13. The molecule has 0 fully saturated rings. The van der Waals surface area contributed by atoms with E-state index in [-0.39, 0.29) is 5.56 Å². The average molecular weight is 382 g/mol. The van der Waals surface area contributed by atoms with Gasteiger partial charge < -0.3 is 10.1 Å². The van der Waals surface area contributed by atoms with Crippen LogP contribution in [-0.4, -0.2) is 16.1 Å². The van der Waals surface area contributed by atoms with Gasteiger partial charge in [-0.25, -0.2) is 9.18 Å². The second kappa shape index (κ2) is 7.46. The fraction of sp³-hybridized carbons (Fsp3) is 0.273. The molecule has 28 heavy (non-hydrogen) atoms. The SMILES string of the molecule is C[C@H](NC(=O)OC(C)(C)C)c1cc2ccc(F)cn2c(=O)c1-c1ccccc1. The highest BCUT2D eigenvalue weighted by Gasteiger charge is 2.22. The molecule has 3 rings (SSSR count). The zero-order valence-electron chi connectivity index (χ0n) is 16.3. The van der Waals surface area contributed by atoms with Crippen LogP contribution in [0.2, 0.25) is 0 Å². The first-order valence-corrected chi connectivity index (χ1v) is 9.05. The predicted molar refractivity (Wildman–Crippen MR) is 107 cm³/mol. The molecular weight excluding hydrogens is 359 g/mol. The summed E-state index contributed by atoms with van der Waals surface area (Å²) in [5.74, 6) is -0.499. The van der Waals surface area contributed by atoms with Crippen LogP contribution in [0, 0.1) is 5.82 Å². The number of pyridine rings is 2. The number of aromatic nitrogens is 1. The number of carbonyl (C=O) groups excluding carboxylic acids is 1. The van der Waals surface area contributed by atoms with Crippen LogP contribution in [0.4, 0.5) is 9.18 Å². The van der Waals surface area contributed by atoms with Gasteiger partial charge >= 0.3 is 6.09 Å². The molecule has 0 saturated heterocycles. The molecule has 2 aromatic heterocycles. The van der Waals surface area contributed by atoms with Crippen molar-refractivity contribution in [1.29, 1.82) is 0 Å². The number of fused-ring (bicyclic) bond motifs is 1. The molecule has 5 nitrogen and oxygen atoms in total. The van der Waals surface area contributed by atoms with Crippen LogP contribution in [-0.2, 0) is 4.74 Å². The van der Waals surface area contributed by atoms with Gasteiger partial charge in [0.2, 0.25) is 0 Å². The van der Waals surface area contributed by atoms with E-state index in [4.69, 9.17) is 4.74 Å². The van der Waals surface area contributed by atoms with Gasteiger partial charge in [0, 0.05) is 11.7 Å². The standard InChI is InChI=1S/C22H23FN2O3/c1-14(24-21(27)28-22(2,3)4)18-12-17-11-10-16(23)13-25(17)20(26)19(18)15-8-6-5-7-9-15/h5-14H,1-4H3,(H,24,27)/t14-/m0/s1. The summed E-state index contributed by atoms with van der Waals surface area (Å²) >= 11 is 0. The molecule has 1 N–H and O–H groups in total. The highest BCUT2D eigenvalue weighted by molar-refractivity contribution is 5.73. The number of nitrogens with one attached hydrogen (secondary N) is 1. The summed E-state index contributed by atoms with van der Waals surface area (Å²) in [6, 6.07) is 13.2. The molecule has 6 heteroatoms. The Morgan fingerprint density at radius 2 is 1.82 bits per heavy atom. The van der Waals surface area contributed by atoms with E-state index in [0.29, 0.717) is 22.2 Å². The summed E-state index contributed by atoms with van der Waals surface area (Å²) in [6.07, 6.45) is 0.596. The highest BCUT2D eigenvalue weighted by Crippen LogP contribution is 2.27. The molecule has 0 saturated carbocycles. The van der Waals surface area contributed by atoms with Crippen molar-refractivity contribution in [3.63, 3.8) is 0 Å². The summed E-state index contributed by atoms with van der Waals surface area (Å²) in [7, 11) is 0. The molecule has 0 aliphatic carbocycles. The van der Waals surface area contributed by atoms with Crippen molar-refractivity contribution in [2.45, 2.75) is 39.3 Å². The number of benzene rings is 1. The first-order chi connectivity index (χ1) is 13.2. The average Bonchev–Trinajstić information content (AvgIpc) is 2.61. The van der Waals surface area contributed by atoms with Crippen LogP contribution < -0.4 is 10.9 Å². The van der Waals surface area contributed by atoms with Crippen LogP contribution in [0.3, 0.4) is 0 Å². The maximum atomic E-state index is 13.7. The van der Waals surface area contributed by atoms with Crippen LogP contribution >= 0.6 is 0 Å². The van der Waals surface area contributed by atoms with E-state index in [1.807, 2.05) is 30.3 Å². The number of carbonyl (C=O) groups is 1. The van der Waals surface area contributed by atoms with Crippen molar-refractivity contribution in [1.82, 2.24) is 9.72 Å². The molecule has 1 aromatic carbocycles. The van der Waals surface area contributed by atoms with E-state index < -0.39 is 23.6 Å². The predicted octanol–water partition coefficient (Wildman–Crippen LogP) is 4.69. The van der Waals surface area contributed by atoms with Gasteiger partial charge in [-0.3, -0.25) is 9.20 Å². The number of alkyl carbamates (subject to hydrolysis) is 1. The minimum Gasteiger partial charge on any atom is -0.444 e. The topological polar surface area (TPSA) is 59.8 Å². The number of hydrogen-bond donors (Lipinski definition) is 1. The zero-order valence-corrected chi connectivity index (χ0v) is 16.3. The fourth-order valence-electron chi connectivity index (χ4n) is 3.05. The highest BCUT2D eigenvalue weighted by atomic mass is 19.1. The van der Waals surface area contributed by atoms with E-state index >= 15 is 0 Å². The number of rotatable bonds is 3. The summed E-state index contributed by atoms with van der Waals surface area (Å²) in [5, 5.41) is 2.78. The fourth-order valence-corrected chi connectivity index (χ4v) is 3.05. The molecule has 3 aromatic rings.